The van der Waals surface area contributed by atoms with Crippen molar-refractivity contribution in [2.24, 2.45) is 0 Å². The molecule has 10 heteroatoms. The number of nitriles is 1. The third-order valence-corrected chi connectivity index (χ3v) is 5.42. The van der Waals surface area contributed by atoms with Crippen molar-refractivity contribution < 1.29 is 9.90 Å². The highest BCUT2D eigenvalue weighted by Crippen LogP contribution is 2.26. The minimum absolute atomic E-state index is 0.0965. The van der Waals surface area contributed by atoms with Crippen molar-refractivity contribution in [3.8, 4) is 17.6 Å². The van der Waals surface area contributed by atoms with E-state index in [1.165, 1.54) is 6.33 Å². The van der Waals surface area contributed by atoms with Crippen LogP contribution in [-0.2, 0) is 11.2 Å². The molecular weight excluding hydrogens is 420 g/mol. The van der Waals surface area contributed by atoms with Crippen LogP contribution < -0.4 is 5.32 Å². The molecule has 0 aliphatic rings. The van der Waals surface area contributed by atoms with Gasteiger partial charge >= 0.3 is 5.97 Å². The van der Waals surface area contributed by atoms with Crippen LogP contribution in [0.2, 0.25) is 0 Å². The van der Waals surface area contributed by atoms with Gasteiger partial charge in [0.05, 0.1) is 46.5 Å². The molecule has 0 saturated carbocycles. The molecule has 0 amide bonds. The largest absolute Gasteiger partial charge is 0.481 e. The minimum Gasteiger partial charge on any atom is -0.481 e. The number of carbonyl (C=O) groups is 1. The lowest BCUT2D eigenvalue weighted by Crippen LogP contribution is -2.06. The number of aromatic nitrogens is 6. The van der Waals surface area contributed by atoms with Crippen LogP contribution in [0.5, 0.6) is 0 Å². The molecule has 0 fully saturated rings. The van der Waals surface area contributed by atoms with Crippen molar-refractivity contribution in [3.05, 3.63) is 70.6 Å². The van der Waals surface area contributed by atoms with Gasteiger partial charge in [0, 0.05) is 17.3 Å². The lowest BCUT2D eigenvalue weighted by molar-refractivity contribution is -0.136. The summed E-state index contributed by atoms with van der Waals surface area (Å²) in [5.74, 6) is 0.175. The summed E-state index contributed by atoms with van der Waals surface area (Å²) in [4.78, 5) is 19.8. The molecule has 0 aliphatic heterocycles. The Morgan fingerprint density at radius 1 is 1.03 bits per heavy atom. The zero-order valence-corrected chi connectivity index (χ0v) is 18.7. The van der Waals surface area contributed by atoms with Gasteiger partial charge in [0.2, 0.25) is 0 Å². The van der Waals surface area contributed by atoms with Crippen LogP contribution in [0.25, 0.3) is 11.5 Å². The van der Waals surface area contributed by atoms with E-state index in [2.05, 4.69) is 31.6 Å². The second-order valence-corrected chi connectivity index (χ2v) is 7.63. The molecule has 0 radical (unpaired) electrons. The number of aliphatic carboxylic acids is 1. The average molecular weight is 442 g/mol. The first-order valence-electron chi connectivity index (χ1n) is 10.2. The molecule has 0 atom stereocenters. The summed E-state index contributed by atoms with van der Waals surface area (Å²) in [6, 6.07) is 11.1. The number of hydrogen-bond acceptors (Lipinski definition) is 7. The quantitative estimate of drug-likeness (QED) is 0.464. The van der Waals surface area contributed by atoms with Crippen molar-refractivity contribution in [3.63, 3.8) is 0 Å². The van der Waals surface area contributed by atoms with E-state index in [1.54, 1.807) is 34.5 Å². The number of nitrogens with one attached hydrogen (secondary N) is 1. The first-order valence-corrected chi connectivity index (χ1v) is 10.2. The number of carboxylic acid groups (broad SMARTS) is 1. The Morgan fingerprint density at radius 2 is 1.73 bits per heavy atom. The number of carboxylic acids is 1. The van der Waals surface area contributed by atoms with Crippen molar-refractivity contribution in [1.82, 2.24) is 29.5 Å². The Labute approximate surface area is 190 Å². The number of anilines is 2. The molecule has 3 heterocycles. The summed E-state index contributed by atoms with van der Waals surface area (Å²) in [7, 11) is 0. The highest BCUT2D eigenvalue weighted by atomic mass is 16.4. The molecule has 0 unspecified atom stereocenters. The molecule has 0 bridgehead atoms. The van der Waals surface area contributed by atoms with E-state index in [0.717, 1.165) is 28.5 Å². The van der Waals surface area contributed by atoms with Gasteiger partial charge in [-0.25, -0.2) is 19.3 Å². The molecule has 0 saturated heterocycles. The van der Waals surface area contributed by atoms with E-state index in [9.17, 15) is 9.90 Å². The Morgan fingerprint density at radius 3 is 2.39 bits per heavy atom. The van der Waals surface area contributed by atoms with Gasteiger partial charge < -0.3 is 10.4 Å². The zero-order chi connectivity index (χ0) is 23.7. The number of nitrogens with zero attached hydrogens (tertiary/aromatic N) is 7. The Bertz CT molecular complexity index is 1390. The van der Waals surface area contributed by atoms with Crippen molar-refractivity contribution >= 4 is 17.5 Å². The lowest BCUT2D eigenvalue weighted by atomic mass is 10.1. The van der Waals surface area contributed by atoms with E-state index >= 15 is 0 Å². The van der Waals surface area contributed by atoms with Gasteiger partial charge in [-0.05, 0) is 52.0 Å². The second-order valence-electron chi connectivity index (χ2n) is 7.63. The third kappa shape index (κ3) is 4.16. The van der Waals surface area contributed by atoms with Gasteiger partial charge in [-0.1, -0.05) is 0 Å². The Hall–Kier alpha value is -4.52. The summed E-state index contributed by atoms with van der Waals surface area (Å²) >= 11 is 0. The Kier molecular flexibility index (Phi) is 5.62. The molecule has 4 rings (SSSR count). The fraction of sp³-hybridized carbons (Fsp3) is 0.217. The van der Waals surface area contributed by atoms with Gasteiger partial charge in [0.1, 0.15) is 12.1 Å². The molecule has 0 aliphatic carbocycles. The first-order chi connectivity index (χ1) is 15.8. The van der Waals surface area contributed by atoms with Crippen LogP contribution in [0.4, 0.5) is 11.5 Å². The summed E-state index contributed by atoms with van der Waals surface area (Å²) in [5.41, 5.74) is 5.95. The summed E-state index contributed by atoms with van der Waals surface area (Å²) in [5, 5.41) is 30.6. The fourth-order valence-electron chi connectivity index (χ4n) is 3.72. The molecule has 0 spiro atoms. The molecule has 10 nitrogen and oxygen atoms in total. The maximum absolute atomic E-state index is 11.2. The van der Waals surface area contributed by atoms with Crippen molar-refractivity contribution in [2.75, 3.05) is 5.32 Å². The van der Waals surface area contributed by atoms with E-state index in [0.29, 0.717) is 28.5 Å². The van der Waals surface area contributed by atoms with Crippen LogP contribution in [-0.4, -0.2) is 40.6 Å². The first kappa shape index (κ1) is 21.7. The molecular formula is C23H22N8O2. The van der Waals surface area contributed by atoms with E-state index in [-0.39, 0.29) is 6.42 Å². The second kappa shape index (κ2) is 8.55. The lowest BCUT2D eigenvalue weighted by Gasteiger charge is -2.09. The topological polar surface area (TPSA) is 135 Å². The zero-order valence-electron chi connectivity index (χ0n) is 18.7. The van der Waals surface area contributed by atoms with E-state index in [1.807, 2.05) is 32.9 Å². The van der Waals surface area contributed by atoms with Crippen molar-refractivity contribution in [1.29, 1.82) is 5.26 Å². The molecule has 2 N–H and O–H groups in total. The van der Waals surface area contributed by atoms with Crippen LogP contribution in [0.15, 0.2) is 36.7 Å². The standard InChI is InChI=1S/C23H22N8O2/c1-13-19(9-22(32)33)15(3)31(28-13)21-10-20(25-12-26-21)27-23-14(2)29-30(16(23)4)18-7-5-17(11-24)6-8-18/h5-8,10,12H,9H2,1-4H3,(H,32,33)(H,25,26,27). The summed E-state index contributed by atoms with van der Waals surface area (Å²) < 4.78 is 3.43. The molecule has 3 aromatic heterocycles. The fourth-order valence-corrected chi connectivity index (χ4v) is 3.72. The predicted molar refractivity (Wildman–Crippen MR) is 121 cm³/mol. The SMILES string of the molecule is Cc1nn(-c2cc(Nc3c(C)nn(-c4ccc(C#N)cc4)c3C)ncn2)c(C)c1CC(=O)O. The normalized spacial score (nSPS) is 10.8. The van der Waals surface area contributed by atoms with Crippen LogP contribution in [0, 0.1) is 39.0 Å². The van der Waals surface area contributed by atoms with Crippen molar-refractivity contribution in [2.45, 2.75) is 34.1 Å². The number of hydrogen-bond donors (Lipinski definition) is 2. The molecule has 33 heavy (non-hydrogen) atoms. The van der Waals surface area contributed by atoms with Crippen LogP contribution >= 0.6 is 0 Å². The summed E-state index contributed by atoms with van der Waals surface area (Å²) in [6.07, 6.45) is 1.33. The van der Waals surface area contributed by atoms with Gasteiger partial charge in [-0.3, -0.25) is 4.79 Å². The van der Waals surface area contributed by atoms with E-state index in [4.69, 9.17) is 5.26 Å². The monoisotopic (exact) mass is 442 g/mol. The highest BCUT2D eigenvalue weighted by Gasteiger charge is 2.18. The predicted octanol–water partition coefficient (Wildman–Crippen LogP) is 3.32. The average Bonchev–Trinajstić information content (AvgIpc) is 3.24. The number of rotatable bonds is 6. The molecule has 166 valence electrons. The van der Waals surface area contributed by atoms with Gasteiger partial charge in [0.15, 0.2) is 5.82 Å². The van der Waals surface area contributed by atoms with E-state index < -0.39 is 5.97 Å². The highest BCUT2D eigenvalue weighted by molar-refractivity contribution is 5.71. The molecule has 1 aromatic carbocycles. The van der Waals surface area contributed by atoms with Gasteiger partial charge in [-0.2, -0.15) is 15.5 Å². The number of aryl methyl sites for hydroxylation is 2. The maximum Gasteiger partial charge on any atom is 0.307 e. The Balaban J connectivity index is 1.66. The van der Waals surface area contributed by atoms with Crippen LogP contribution in [0.1, 0.15) is 33.9 Å². The minimum atomic E-state index is -0.906. The maximum atomic E-state index is 11.2. The molecule has 4 aromatic rings. The van der Waals surface area contributed by atoms with Crippen LogP contribution in [0.3, 0.4) is 0 Å². The summed E-state index contributed by atoms with van der Waals surface area (Å²) in [6.45, 7) is 7.45. The smallest absolute Gasteiger partial charge is 0.307 e. The van der Waals surface area contributed by atoms with Gasteiger partial charge in [-0.15, -0.1) is 0 Å². The number of benzene rings is 1. The third-order valence-electron chi connectivity index (χ3n) is 5.42. The van der Waals surface area contributed by atoms with Gasteiger partial charge in [0.25, 0.3) is 0 Å².